The van der Waals surface area contributed by atoms with E-state index >= 15 is 0 Å². The molecule has 5 aromatic carbocycles. The van der Waals surface area contributed by atoms with Crippen molar-refractivity contribution in [3.63, 3.8) is 0 Å². The number of nitrogens with zero attached hydrogens (tertiary/aromatic N) is 1. The normalized spacial score (nSPS) is 12.6. The van der Waals surface area contributed by atoms with Crippen molar-refractivity contribution in [3.8, 4) is 27.9 Å². The van der Waals surface area contributed by atoms with E-state index in [0.29, 0.717) is 0 Å². The molecule has 0 aliphatic carbocycles. The number of hydrogen-bond donors (Lipinski definition) is 0. The quantitative estimate of drug-likeness (QED) is 0.202. The van der Waals surface area contributed by atoms with Gasteiger partial charge >= 0.3 is 0 Å². The molecule has 0 atom stereocenters. The van der Waals surface area contributed by atoms with E-state index in [9.17, 15) is 0 Å². The van der Waals surface area contributed by atoms with Crippen LogP contribution in [0, 0.1) is 12.1 Å². The van der Waals surface area contributed by atoms with Gasteiger partial charge in [0, 0.05) is 16.5 Å². The molecule has 0 spiro atoms. The summed E-state index contributed by atoms with van der Waals surface area (Å²) in [5, 5.41) is 2.64. The number of rotatable bonds is 3. The van der Waals surface area contributed by atoms with Crippen molar-refractivity contribution in [1.82, 2.24) is 4.57 Å². The standard InChI is InChI=1S/C42H43N/c1-40(2,3)30-25-29(26-31(27-30)41(4,5)6)33-21-16-22-35-37(33)38-36(43(35)32-19-14-11-15-20-32)24-23-34(39(38)42(7,8)9)28-17-12-10-13-18-28/h11-12,14-27H,1-9H3. The number of hydrogen-bond acceptors (Lipinski definition) is 0. The van der Waals surface area contributed by atoms with Crippen LogP contribution in [0.3, 0.4) is 0 Å². The molecular weight excluding hydrogens is 518 g/mol. The molecule has 6 aromatic rings. The topological polar surface area (TPSA) is 4.93 Å². The maximum Gasteiger partial charge on any atom is 0.0547 e. The predicted molar refractivity (Wildman–Crippen MR) is 185 cm³/mol. The Kier molecular flexibility index (Phi) is 6.82. The third-order valence-corrected chi connectivity index (χ3v) is 8.67. The Morgan fingerprint density at radius 1 is 0.512 bits per heavy atom. The lowest BCUT2D eigenvalue weighted by molar-refractivity contribution is 0.569. The van der Waals surface area contributed by atoms with Gasteiger partial charge in [0.1, 0.15) is 0 Å². The van der Waals surface area contributed by atoms with Crippen LogP contribution in [0.4, 0.5) is 0 Å². The summed E-state index contributed by atoms with van der Waals surface area (Å²) in [6.45, 7) is 20.9. The third-order valence-electron chi connectivity index (χ3n) is 8.67. The van der Waals surface area contributed by atoms with Gasteiger partial charge in [0.2, 0.25) is 0 Å². The second kappa shape index (κ2) is 10.2. The predicted octanol–water partition coefficient (Wildman–Crippen LogP) is 11.6. The smallest absolute Gasteiger partial charge is 0.0547 e. The zero-order chi connectivity index (χ0) is 30.7. The van der Waals surface area contributed by atoms with Crippen molar-refractivity contribution in [3.05, 3.63) is 126 Å². The van der Waals surface area contributed by atoms with Gasteiger partial charge in [0.05, 0.1) is 11.0 Å². The van der Waals surface area contributed by atoms with Crippen molar-refractivity contribution in [2.75, 3.05) is 0 Å². The van der Waals surface area contributed by atoms with E-state index in [4.69, 9.17) is 0 Å². The van der Waals surface area contributed by atoms with Gasteiger partial charge in [-0.3, -0.25) is 0 Å². The van der Waals surface area contributed by atoms with Gasteiger partial charge in [0.15, 0.2) is 0 Å². The summed E-state index contributed by atoms with van der Waals surface area (Å²) in [4.78, 5) is 0. The van der Waals surface area contributed by atoms with Gasteiger partial charge < -0.3 is 4.57 Å². The van der Waals surface area contributed by atoms with Crippen molar-refractivity contribution in [2.45, 2.75) is 78.6 Å². The van der Waals surface area contributed by atoms with E-state index in [0.717, 1.165) is 0 Å². The Labute approximate surface area is 258 Å². The summed E-state index contributed by atoms with van der Waals surface area (Å²) in [6.07, 6.45) is 0. The Bertz CT molecular complexity index is 1900. The molecule has 6 rings (SSSR count). The van der Waals surface area contributed by atoms with Crippen LogP contribution in [0.5, 0.6) is 0 Å². The highest BCUT2D eigenvalue weighted by molar-refractivity contribution is 6.18. The summed E-state index contributed by atoms with van der Waals surface area (Å²) >= 11 is 0. The van der Waals surface area contributed by atoms with E-state index in [2.05, 4.69) is 170 Å². The first-order valence-corrected chi connectivity index (χ1v) is 15.5. The maximum atomic E-state index is 3.20. The molecule has 0 aliphatic heterocycles. The summed E-state index contributed by atoms with van der Waals surface area (Å²) < 4.78 is 2.45. The lowest BCUT2D eigenvalue weighted by atomic mass is 9.77. The van der Waals surface area contributed by atoms with E-state index in [1.165, 1.54) is 66.4 Å². The molecular formula is C42H43N. The highest BCUT2D eigenvalue weighted by atomic mass is 15.0. The van der Waals surface area contributed by atoms with Gasteiger partial charge in [-0.15, -0.1) is 0 Å². The van der Waals surface area contributed by atoms with Crippen LogP contribution < -0.4 is 0 Å². The Morgan fingerprint density at radius 3 is 1.74 bits per heavy atom. The largest absolute Gasteiger partial charge is 0.309 e. The molecule has 43 heavy (non-hydrogen) atoms. The lowest BCUT2D eigenvalue weighted by Gasteiger charge is -2.27. The molecule has 0 saturated carbocycles. The minimum Gasteiger partial charge on any atom is -0.309 e. The minimum absolute atomic E-state index is 0.0342. The second-order valence-electron chi connectivity index (χ2n) is 15.0. The van der Waals surface area contributed by atoms with Gasteiger partial charge in [-0.2, -0.15) is 0 Å². The summed E-state index contributed by atoms with van der Waals surface area (Å²) in [5.41, 5.74) is 12.7. The van der Waals surface area contributed by atoms with E-state index in [1.807, 2.05) is 6.07 Å². The van der Waals surface area contributed by atoms with Crippen LogP contribution in [0.25, 0.3) is 49.7 Å². The first kappa shape index (κ1) is 28.8. The fourth-order valence-corrected chi connectivity index (χ4v) is 6.43. The van der Waals surface area contributed by atoms with Gasteiger partial charge in [-0.25, -0.2) is 0 Å². The molecule has 0 saturated heterocycles. The molecule has 0 bridgehead atoms. The molecule has 0 radical (unpaired) electrons. The molecule has 216 valence electrons. The van der Waals surface area contributed by atoms with Crippen LogP contribution >= 0.6 is 0 Å². The van der Waals surface area contributed by atoms with Gasteiger partial charge in [-0.05, 0) is 97.7 Å². The highest BCUT2D eigenvalue weighted by Crippen LogP contribution is 2.47. The zero-order valence-corrected chi connectivity index (χ0v) is 27.2. The molecule has 0 fully saturated rings. The van der Waals surface area contributed by atoms with Crippen LogP contribution in [0.1, 0.15) is 79.0 Å². The molecule has 0 amide bonds. The first-order chi connectivity index (χ1) is 20.2. The SMILES string of the molecule is CC(C)(C)c1cc(-c2cccc3c2c2c(C(C)(C)C)c(-c4cc#ccc4)ccc2n3-c2ccccc2)cc(C(C)(C)C)c1. The monoisotopic (exact) mass is 561 g/mol. The summed E-state index contributed by atoms with van der Waals surface area (Å²) in [5.74, 6) is 0. The van der Waals surface area contributed by atoms with Crippen LogP contribution in [-0.4, -0.2) is 4.57 Å². The Morgan fingerprint density at radius 2 is 1.16 bits per heavy atom. The Hall–Kier alpha value is -4.28. The molecule has 1 aromatic heterocycles. The van der Waals surface area contributed by atoms with Crippen LogP contribution in [0.2, 0.25) is 0 Å². The highest BCUT2D eigenvalue weighted by Gasteiger charge is 2.28. The Balaban J connectivity index is 1.83. The van der Waals surface area contributed by atoms with E-state index in [-0.39, 0.29) is 16.2 Å². The van der Waals surface area contributed by atoms with Crippen molar-refractivity contribution in [2.24, 2.45) is 0 Å². The van der Waals surface area contributed by atoms with Gasteiger partial charge in [-0.1, -0.05) is 129 Å². The molecule has 1 heteroatoms. The van der Waals surface area contributed by atoms with Crippen molar-refractivity contribution >= 4 is 21.8 Å². The number of fused-ring (bicyclic) bond motifs is 3. The first-order valence-electron chi connectivity index (χ1n) is 15.5. The zero-order valence-electron chi connectivity index (χ0n) is 27.2. The molecule has 0 N–H and O–H groups in total. The number of aromatic nitrogens is 1. The lowest BCUT2D eigenvalue weighted by Crippen LogP contribution is -2.16. The number of benzene rings is 4. The summed E-state index contributed by atoms with van der Waals surface area (Å²) in [7, 11) is 0. The fraction of sp³-hybridized carbons (Fsp3) is 0.286. The second-order valence-corrected chi connectivity index (χ2v) is 15.0. The summed E-state index contributed by atoms with van der Waals surface area (Å²) in [6, 6.07) is 42.0. The van der Waals surface area contributed by atoms with E-state index in [1.54, 1.807) is 0 Å². The third kappa shape index (κ3) is 5.14. The van der Waals surface area contributed by atoms with Crippen LogP contribution in [-0.2, 0) is 16.2 Å². The van der Waals surface area contributed by atoms with Crippen molar-refractivity contribution < 1.29 is 0 Å². The van der Waals surface area contributed by atoms with Crippen molar-refractivity contribution in [1.29, 1.82) is 0 Å². The average molecular weight is 562 g/mol. The molecule has 0 unspecified atom stereocenters. The average Bonchev–Trinajstić information content (AvgIpc) is 3.30. The van der Waals surface area contributed by atoms with Gasteiger partial charge in [0.25, 0.3) is 0 Å². The molecule has 1 heterocycles. The fourth-order valence-electron chi connectivity index (χ4n) is 6.43. The van der Waals surface area contributed by atoms with E-state index < -0.39 is 0 Å². The number of para-hydroxylation sites is 1. The minimum atomic E-state index is -0.110. The van der Waals surface area contributed by atoms with Crippen LogP contribution in [0.15, 0.2) is 97.1 Å². The molecule has 0 aliphatic rings. The maximum absolute atomic E-state index is 3.20. The molecule has 1 nitrogen and oxygen atoms in total.